The summed E-state index contributed by atoms with van der Waals surface area (Å²) in [5.41, 5.74) is -2.37. The molecule has 1 aliphatic rings. The zero-order valence-corrected chi connectivity index (χ0v) is 17.0. The second-order valence-corrected chi connectivity index (χ2v) is 7.55. The molecule has 1 amide bonds. The number of hydrogen-bond donors (Lipinski definition) is 0. The molecule has 0 unspecified atom stereocenters. The monoisotopic (exact) mass is 456 g/mol. The molecule has 2 aromatic rings. The molecule has 0 aliphatic carbocycles. The van der Waals surface area contributed by atoms with E-state index in [1.54, 1.807) is 18.7 Å². The summed E-state index contributed by atoms with van der Waals surface area (Å²) in [4.78, 5) is 22.2. The molecule has 2 atom stereocenters. The van der Waals surface area contributed by atoms with Crippen molar-refractivity contribution in [3.05, 3.63) is 64.8 Å². The van der Waals surface area contributed by atoms with E-state index in [0.29, 0.717) is 0 Å². The van der Waals surface area contributed by atoms with E-state index in [0.717, 1.165) is 30.5 Å². The number of pyridine rings is 1. The highest BCUT2D eigenvalue weighted by atomic mass is 19.4. The first-order valence-electron chi connectivity index (χ1n) is 9.52. The number of hydrogen-bond acceptors (Lipinski definition) is 3. The number of rotatable bonds is 2. The first-order chi connectivity index (χ1) is 14.8. The van der Waals surface area contributed by atoms with Crippen molar-refractivity contribution in [1.29, 1.82) is 0 Å². The van der Waals surface area contributed by atoms with Crippen LogP contribution in [-0.2, 0) is 12.4 Å². The van der Waals surface area contributed by atoms with Gasteiger partial charge in [-0.25, -0.2) is 4.85 Å². The first kappa shape index (κ1) is 23.4. The second-order valence-electron chi connectivity index (χ2n) is 7.55. The molecule has 1 aromatic heterocycles. The van der Waals surface area contributed by atoms with E-state index in [1.165, 1.54) is 11.0 Å². The van der Waals surface area contributed by atoms with Gasteiger partial charge in [0.05, 0.1) is 17.7 Å². The number of benzene rings is 1. The minimum absolute atomic E-state index is 0.00809. The number of carbonyl (C=O) groups is 1. The predicted molar refractivity (Wildman–Crippen MR) is 104 cm³/mol. The predicted octanol–water partition coefficient (Wildman–Crippen LogP) is 5.41. The minimum Gasteiger partial charge on any atom is -0.365 e. The molecular formula is C21H18F6N4O. The Morgan fingerprint density at radius 1 is 1.03 bits per heavy atom. The second kappa shape index (κ2) is 8.33. The van der Waals surface area contributed by atoms with Crippen molar-refractivity contribution in [3.63, 3.8) is 0 Å². The fourth-order valence-corrected chi connectivity index (χ4v) is 3.65. The lowest BCUT2D eigenvalue weighted by Crippen LogP contribution is -2.58. The van der Waals surface area contributed by atoms with E-state index >= 15 is 0 Å². The highest BCUT2D eigenvalue weighted by Crippen LogP contribution is 2.39. The molecule has 1 fully saturated rings. The lowest BCUT2D eigenvalue weighted by atomic mass is 10.0. The van der Waals surface area contributed by atoms with Gasteiger partial charge in [0, 0.05) is 37.1 Å². The third kappa shape index (κ3) is 4.64. The fourth-order valence-electron chi connectivity index (χ4n) is 3.65. The van der Waals surface area contributed by atoms with Gasteiger partial charge >= 0.3 is 12.4 Å². The number of anilines is 1. The minimum atomic E-state index is -4.68. The van der Waals surface area contributed by atoms with Crippen LogP contribution in [0.1, 0.15) is 35.5 Å². The highest BCUT2D eigenvalue weighted by molar-refractivity contribution is 5.94. The van der Waals surface area contributed by atoms with E-state index in [2.05, 4.69) is 9.83 Å². The molecule has 0 bridgehead atoms. The topological polar surface area (TPSA) is 40.8 Å². The van der Waals surface area contributed by atoms with Gasteiger partial charge in [-0.05, 0) is 38.1 Å². The Bertz CT molecular complexity index is 1040. The highest BCUT2D eigenvalue weighted by Gasteiger charge is 2.37. The quantitative estimate of drug-likeness (QED) is 0.448. The largest absolute Gasteiger partial charge is 0.433 e. The molecule has 5 nitrogen and oxygen atoms in total. The third-order valence-electron chi connectivity index (χ3n) is 5.29. The van der Waals surface area contributed by atoms with Crippen LogP contribution in [0, 0.1) is 6.57 Å². The summed E-state index contributed by atoms with van der Waals surface area (Å²) in [6.07, 6.45) is -8.43. The third-order valence-corrected chi connectivity index (χ3v) is 5.29. The standard InChI is InChI=1S/C21H18F6N4O/c1-12-11-31(19(32)14-4-7-18(29-9-14)21(25,26)27)13(2)10-30(12)15-5-6-17(28-3)16(8-15)20(22,23)24/h4-9,12-13H,10-11H2,1-2H3/t12-,13+/m0/s1. The summed E-state index contributed by atoms with van der Waals surface area (Å²) in [6, 6.07) is 4.45. The van der Waals surface area contributed by atoms with Gasteiger partial charge in [-0.15, -0.1) is 0 Å². The van der Waals surface area contributed by atoms with Crippen LogP contribution in [0.25, 0.3) is 4.85 Å². The Morgan fingerprint density at radius 2 is 1.72 bits per heavy atom. The van der Waals surface area contributed by atoms with Crippen LogP contribution in [0.2, 0.25) is 0 Å². The molecule has 2 heterocycles. The van der Waals surface area contributed by atoms with E-state index in [1.807, 2.05) is 0 Å². The van der Waals surface area contributed by atoms with Gasteiger partial charge in [0.25, 0.3) is 5.91 Å². The maximum atomic E-state index is 13.3. The molecule has 0 saturated carbocycles. The number of aromatic nitrogens is 1. The Kier molecular flexibility index (Phi) is 6.09. The summed E-state index contributed by atoms with van der Waals surface area (Å²) < 4.78 is 78.0. The molecule has 0 N–H and O–H groups in total. The van der Waals surface area contributed by atoms with Crippen molar-refractivity contribution in [1.82, 2.24) is 9.88 Å². The Hall–Kier alpha value is -3.29. The average Bonchev–Trinajstić information content (AvgIpc) is 2.73. The summed E-state index contributed by atoms with van der Waals surface area (Å²) in [6.45, 7) is 10.7. The molecule has 1 saturated heterocycles. The van der Waals surface area contributed by atoms with Crippen LogP contribution in [0.15, 0.2) is 36.5 Å². The van der Waals surface area contributed by atoms with Gasteiger partial charge < -0.3 is 9.80 Å². The lowest BCUT2D eigenvalue weighted by Gasteiger charge is -2.45. The molecule has 11 heteroatoms. The molecule has 0 spiro atoms. The smallest absolute Gasteiger partial charge is 0.365 e. The molecule has 3 rings (SSSR count). The van der Waals surface area contributed by atoms with Crippen molar-refractivity contribution in [2.45, 2.75) is 38.3 Å². The fraction of sp³-hybridized carbons (Fsp3) is 0.381. The zero-order chi connectivity index (χ0) is 23.8. The number of piperazine rings is 1. The number of halogens is 6. The van der Waals surface area contributed by atoms with Crippen molar-refractivity contribution in [2.24, 2.45) is 0 Å². The van der Waals surface area contributed by atoms with Crippen LogP contribution in [0.4, 0.5) is 37.7 Å². The Morgan fingerprint density at radius 3 is 2.25 bits per heavy atom. The number of amides is 1. The van der Waals surface area contributed by atoms with Crippen LogP contribution in [0.5, 0.6) is 0 Å². The Labute approximate surface area is 180 Å². The molecule has 32 heavy (non-hydrogen) atoms. The van der Waals surface area contributed by atoms with Crippen LogP contribution >= 0.6 is 0 Å². The summed E-state index contributed by atoms with van der Waals surface area (Å²) in [5.74, 6) is -0.510. The summed E-state index contributed by atoms with van der Waals surface area (Å²) in [5, 5.41) is 0. The summed E-state index contributed by atoms with van der Waals surface area (Å²) >= 11 is 0. The van der Waals surface area contributed by atoms with E-state index in [-0.39, 0.29) is 30.4 Å². The van der Waals surface area contributed by atoms with Gasteiger partial charge in [-0.2, -0.15) is 26.3 Å². The van der Waals surface area contributed by atoms with Crippen molar-refractivity contribution < 1.29 is 31.1 Å². The number of carbonyl (C=O) groups excluding carboxylic acids is 1. The van der Waals surface area contributed by atoms with Gasteiger partial charge in [0.15, 0.2) is 5.69 Å². The normalized spacial score (nSPS) is 19.6. The first-order valence-corrected chi connectivity index (χ1v) is 9.52. The van der Waals surface area contributed by atoms with Crippen LogP contribution in [0.3, 0.4) is 0 Å². The van der Waals surface area contributed by atoms with Gasteiger partial charge in [0.1, 0.15) is 5.69 Å². The number of alkyl halides is 6. The van der Waals surface area contributed by atoms with Crippen LogP contribution < -0.4 is 4.90 Å². The maximum Gasteiger partial charge on any atom is 0.433 e. The zero-order valence-electron chi connectivity index (χ0n) is 17.0. The maximum absolute atomic E-state index is 13.3. The van der Waals surface area contributed by atoms with Crippen molar-refractivity contribution in [3.8, 4) is 0 Å². The van der Waals surface area contributed by atoms with E-state index in [4.69, 9.17) is 6.57 Å². The average molecular weight is 456 g/mol. The van der Waals surface area contributed by atoms with Gasteiger partial charge in [-0.1, -0.05) is 6.07 Å². The lowest BCUT2D eigenvalue weighted by molar-refractivity contribution is -0.141. The molecule has 1 aromatic carbocycles. The molecule has 1 aliphatic heterocycles. The van der Waals surface area contributed by atoms with Crippen molar-refractivity contribution >= 4 is 17.3 Å². The van der Waals surface area contributed by atoms with Crippen LogP contribution in [-0.4, -0.2) is 41.0 Å². The summed E-state index contributed by atoms with van der Waals surface area (Å²) in [7, 11) is 0. The van der Waals surface area contributed by atoms with E-state index < -0.39 is 41.2 Å². The van der Waals surface area contributed by atoms with Crippen molar-refractivity contribution in [2.75, 3.05) is 18.0 Å². The Balaban J connectivity index is 1.81. The van der Waals surface area contributed by atoms with E-state index in [9.17, 15) is 31.1 Å². The molecule has 170 valence electrons. The molecular weight excluding hydrogens is 438 g/mol. The SMILES string of the molecule is [C-]#[N+]c1ccc(N2C[C@@H](C)N(C(=O)c3ccc(C(F)(F)F)nc3)C[C@@H]2C)cc1C(F)(F)F. The molecule has 0 radical (unpaired) electrons. The van der Waals surface area contributed by atoms with Gasteiger partial charge in [-0.3, -0.25) is 9.78 Å². The van der Waals surface area contributed by atoms with Gasteiger partial charge in [0.2, 0.25) is 0 Å². The number of nitrogens with zero attached hydrogens (tertiary/aromatic N) is 4.